The van der Waals surface area contributed by atoms with Crippen LogP contribution in [0.4, 0.5) is 5.95 Å². The smallest absolute Gasteiger partial charge is 0.219 e. The summed E-state index contributed by atoms with van der Waals surface area (Å²) in [4.78, 5) is 7.96. The van der Waals surface area contributed by atoms with Gasteiger partial charge in [0, 0.05) is 23.0 Å². The highest BCUT2D eigenvalue weighted by atomic mass is 35.5. The first-order valence-electron chi connectivity index (χ1n) is 5.76. The number of anilines is 1. The van der Waals surface area contributed by atoms with Gasteiger partial charge in [0.1, 0.15) is 0 Å². The molecule has 94 valence electrons. The minimum absolute atomic E-state index is 0.0349. The van der Waals surface area contributed by atoms with Crippen molar-refractivity contribution in [3.8, 4) is 11.1 Å². The van der Waals surface area contributed by atoms with Gasteiger partial charge in [0.05, 0.1) is 0 Å². The van der Waals surface area contributed by atoms with Gasteiger partial charge in [0.15, 0.2) is 0 Å². The molecule has 0 radical (unpaired) electrons. The Balaban J connectivity index is 2.43. The molecule has 0 amide bonds. The highest BCUT2D eigenvalue weighted by Crippen LogP contribution is 2.32. The molecule has 0 spiro atoms. The molecule has 0 bridgehead atoms. The highest BCUT2D eigenvalue weighted by molar-refractivity contribution is 6.31. The van der Waals surface area contributed by atoms with Gasteiger partial charge in [-0.2, -0.15) is 0 Å². The van der Waals surface area contributed by atoms with Crippen molar-refractivity contribution in [2.75, 3.05) is 5.73 Å². The lowest BCUT2D eigenvalue weighted by molar-refractivity contribution is 0.590. The van der Waals surface area contributed by atoms with Gasteiger partial charge in [-0.15, -0.1) is 0 Å². The van der Waals surface area contributed by atoms with Crippen LogP contribution >= 0.6 is 11.6 Å². The molecule has 2 rings (SSSR count). The molecule has 1 aromatic heterocycles. The van der Waals surface area contributed by atoms with Gasteiger partial charge in [-0.3, -0.25) is 0 Å². The second kappa shape index (κ2) is 4.58. The van der Waals surface area contributed by atoms with Crippen LogP contribution < -0.4 is 5.73 Å². The van der Waals surface area contributed by atoms with Gasteiger partial charge in [0.2, 0.25) is 5.95 Å². The fourth-order valence-electron chi connectivity index (χ4n) is 1.79. The summed E-state index contributed by atoms with van der Waals surface area (Å²) in [5.74, 6) is 0.274. The van der Waals surface area contributed by atoms with Crippen molar-refractivity contribution < 1.29 is 0 Å². The zero-order valence-corrected chi connectivity index (χ0v) is 11.5. The zero-order valence-electron chi connectivity index (χ0n) is 10.7. The lowest BCUT2D eigenvalue weighted by Gasteiger charge is -2.21. The van der Waals surface area contributed by atoms with Crippen LogP contribution in [0.1, 0.15) is 26.3 Å². The average Bonchev–Trinajstić information content (AvgIpc) is 2.28. The van der Waals surface area contributed by atoms with Crippen molar-refractivity contribution in [3.63, 3.8) is 0 Å². The monoisotopic (exact) mass is 261 g/mol. The minimum Gasteiger partial charge on any atom is -0.368 e. The third-order valence-electron chi connectivity index (χ3n) is 2.78. The Morgan fingerprint density at radius 2 is 1.67 bits per heavy atom. The highest BCUT2D eigenvalue weighted by Gasteiger charge is 2.17. The van der Waals surface area contributed by atoms with Crippen molar-refractivity contribution >= 4 is 17.5 Å². The molecule has 4 heteroatoms. The molecular formula is C14H16ClN3. The molecule has 0 fully saturated rings. The van der Waals surface area contributed by atoms with E-state index in [1.165, 1.54) is 0 Å². The summed E-state index contributed by atoms with van der Waals surface area (Å²) in [7, 11) is 0. The molecule has 0 atom stereocenters. The number of hydrogen-bond acceptors (Lipinski definition) is 3. The maximum atomic E-state index is 6.33. The molecule has 0 aliphatic rings. The van der Waals surface area contributed by atoms with Crippen molar-refractivity contribution in [2.24, 2.45) is 0 Å². The number of halogens is 1. The van der Waals surface area contributed by atoms with E-state index in [1.54, 1.807) is 12.4 Å². The second-order valence-corrected chi connectivity index (χ2v) is 5.68. The van der Waals surface area contributed by atoms with E-state index in [4.69, 9.17) is 17.3 Å². The van der Waals surface area contributed by atoms with Crippen molar-refractivity contribution in [2.45, 2.75) is 26.2 Å². The minimum atomic E-state index is 0.0349. The standard InChI is InChI=1S/C14H16ClN3/c1-14(2,3)11-5-4-9(6-12(11)15)10-7-17-13(16)18-8-10/h4-8H,1-3H3,(H2,16,17,18). The molecule has 0 aliphatic carbocycles. The van der Waals surface area contributed by atoms with E-state index >= 15 is 0 Å². The van der Waals surface area contributed by atoms with E-state index in [0.29, 0.717) is 0 Å². The number of nitrogen functional groups attached to an aromatic ring is 1. The van der Waals surface area contributed by atoms with E-state index in [0.717, 1.165) is 21.7 Å². The van der Waals surface area contributed by atoms with Crippen LogP contribution in [0.5, 0.6) is 0 Å². The predicted molar refractivity (Wildman–Crippen MR) is 75.6 cm³/mol. The largest absolute Gasteiger partial charge is 0.368 e. The third-order valence-corrected chi connectivity index (χ3v) is 3.09. The van der Waals surface area contributed by atoms with Gasteiger partial charge < -0.3 is 5.73 Å². The molecule has 0 saturated carbocycles. The fourth-order valence-corrected chi connectivity index (χ4v) is 2.25. The molecule has 1 heterocycles. The van der Waals surface area contributed by atoms with E-state index in [2.05, 4.69) is 30.7 Å². The Labute approximate surface area is 112 Å². The van der Waals surface area contributed by atoms with Crippen LogP contribution in [0.2, 0.25) is 5.02 Å². The van der Waals surface area contributed by atoms with Crippen LogP contribution in [0, 0.1) is 0 Å². The third kappa shape index (κ3) is 2.62. The quantitative estimate of drug-likeness (QED) is 0.852. The topological polar surface area (TPSA) is 51.8 Å². The molecule has 2 aromatic rings. The summed E-state index contributed by atoms with van der Waals surface area (Å²) in [6.07, 6.45) is 3.40. The van der Waals surface area contributed by atoms with E-state index < -0.39 is 0 Å². The summed E-state index contributed by atoms with van der Waals surface area (Å²) in [5.41, 5.74) is 8.53. The van der Waals surface area contributed by atoms with Gasteiger partial charge in [-0.05, 0) is 22.6 Å². The molecule has 0 unspecified atom stereocenters. The van der Waals surface area contributed by atoms with E-state index in [1.807, 2.05) is 18.2 Å². The van der Waals surface area contributed by atoms with Crippen LogP contribution in [-0.2, 0) is 5.41 Å². The Morgan fingerprint density at radius 1 is 1.06 bits per heavy atom. The Bertz CT molecular complexity index is 556. The fraction of sp³-hybridized carbons (Fsp3) is 0.286. The lowest BCUT2D eigenvalue weighted by Crippen LogP contribution is -2.11. The van der Waals surface area contributed by atoms with Crippen LogP contribution in [-0.4, -0.2) is 9.97 Å². The first-order valence-corrected chi connectivity index (χ1v) is 6.13. The molecule has 2 N–H and O–H groups in total. The number of nitrogens with two attached hydrogens (primary N) is 1. The SMILES string of the molecule is CC(C)(C)c1ccc(-c2cnc(N)nc2)cc1Cl. The number of benzene rings is 1. The van der Waals surface area contributed by atoms with Gasteiger partial charge in [-0.1, -0.05) is 44.5 Å². The van der Waals surface area contributed by atoms with Gasteiger partial charge in [-0.25, -0.2) is 9.97 Å². The van der Waals surface area contributed by atoms with E-state index in [-0.39, 0.29) is 11.4 Å². The van der Waals surface area contributed by atoms with Crippen LogP contribution in [0.15, 0.2) is 30.6 Å². The second-order valence-electron chi connectivity index (χ2n) is 5.27. The molecule has 18 heavy (non-hydrogen) atoms. The molecule has 1 aromatic carbocycles. The first kappa shape index (κ1) is 12.8. The summed E-state index contributed by atoms with van der Waals surface area (Å²) >= 11 is 6.33. The molecule has 0 aliphatic heterocycles. The molecular weight excluding hydrogens is 246 g/mol. The average molecular weight is 262 g/mol. The first-order chi connectivity index (χ1) is 8.38. The van der Waals surface area contributed by atoms with Gasteiger partial charge >= 0.3 is 0 Å². The van der Waals surface area contributed by atoms with Crippen molar-refractivity contribution in [1.82, 2.24) is 9.97 Å². The maximum Gasteiger partial charge on any atom is 0.219 e. The summed E-state index contributed by atoms with van der Waals surface area (Å²) < 4.78 is 0. The maximum absolute atomic E-state index is 6.33. The van der Waals surface area contributed by atoms with Gasteiger partial charge in [0.25, 0.3) is 0 Å². The zero-order chi connectivity index (χ0) is 13.3. The van der Waals surface area contributed by atoms with Crippen molar-refractivity contribution in [1.29, 1.82) is 0 Å². The Morgan fingerprint density at radius 3 is 2.17 bits per heavy atom. The molecule has 0 saturated heterocycles. The Hall–Kier alpha value is -1.61. The van der Waals surface area contributed by atoms with Crippen LogP contribution in [0.25, 0.3) is 11.1 Å². The number of nitrogens with zero attached hydrogens (tertiary/aromatic N) is 2. The summed E-state index contributed by atoms with van der Waals surface area (Å²) in [6, 6.07) is 6.02. The number of hydrogen-bond donors (Lipinski definition) is 1. The number of rotatable bonds is 1. The normalized spacial score (nSPS) is 11.6. The number of aromatic nitrogens is 2. The predicted octanol–water partition coefficient (Wildman–Crippen LogP) is 3.68. The Kier molecular flexibility index (Phi) is 3.26. The molecule has 3 nitrogen and oxygen atoms in total. The van der Waals surface area contributed by atoms with Crippen molar-refractivity contribution in [3.05, 3.63) is 41.2 Å². The van der Waals surface area contributed by atoms with Crippen LogP contribution in [0.3, 0.4) is 0 Å². The van der Waals surface area contributed by atoms with E-state index in [9.17, 15) is 0 Å². The summed E-state index contributed by atoms with van der Waals surface area (Å²) in [6.45, 7) is 6.42. The lowest BCUT2D eigenvalue weighted by atomic mass is 9.86. The summed E-state index contributed by atoms with van der Waals surface area (Å²) in [5, 5.41) is 0.761.